The van der Waals surface area contributed by atoms with Crippen LogP contribution in [0.3, 0.4) is 0 Å². The number of aliphatic hydroxyl groups is 1. The number of nitriles is 1. The number of benzene rings is 1. The Bertz CT molecular complexity index is 540. The predicted octanol–water partition coefficient (Wildman–Crippen LogP) is 1.80. The average Bonchev–Trinajstić information content (AvgIpc) is 3.02. The van der Waals surface area contributed by atoms with Crippen molar-refractivity contribution >= 4 is 0 Å². The molecule has 1 saturated heterocycles. The highest BCUT2D eigenvalue weighted by Crippen LogP contribution is 2.32. The SMILES string of the molecule is N#Cc1ccc(OCCN2CCOC[C@@H]2[C@@H]2CCC[C@@H]2O)cc1. The van der Waals surface area contributed by atoms with Crippen LogP contribution in [0.4, 0.5) is 0 Å². The number of morpholine rings is 1. The summed E-state index contributed by atoms with van der Waals surface area (Å²) in [6.07, 6.45) is 2.92. The second-order valence-electron chi connectivity index (χ2n) is 6.32. The zero-order valence-electron chi connectivity index (χ0n) is 13.4. The number of nitrogens with zero attached hydrogens (tertiary/aromatic N) is 2. The van der Waals surface area contributed by atoms with E-state index in [1.54, 1.807) is 12.1 Å². The number of hydrogen-bond acceptors (Lipinski definition) is 5. The van der Waals surface area contributed by atoms with Crippen LogP contribution in [0.15, 0.2) is 24.3 Å². The van der Waals surface area contributed by atoms with Crippen molar-refractivity contribution in [1.29, 1.82) is 5.26 Å². The maximum Gasteiger partial charge on any atom is 0.119 e. The summed E-state index contributed by atoms with van der Waals surface area (Å²) in [4.78, 5) is 2.40. The van der Waals surface area contributed by atoms with E-state index in [0.717, 1.165) is 44.7 Å². The van der Waals surface area contributed by atoms with E-state index in [1.165, 1.54) is 0 Å². The van der Waals surface area contributed by atoms with E-state index >= 15 is 0 Å². The van der Waals surface area contributed by atoms with Crippen LogP contribution in [0.1, 0.15) is 24.8 Å². The molecular weight excluding hydrogens is 292 g/mol. The van der Waals surface area contributed by atoms with Gasteiger partial charge in [0.25, 0.3) is 0 Å². The summed E-state index contributed by atoms with van der Waals surface area (Å²) >= 11 is 0. The lowest BCUT2D eigenvalue weighted by Crippen LogP contribution is -2.52. The standard InChI is InChI=1S/C18H24N2O3/c19-12-14-4-6-15(7-5-14)23-11-9-20-8-10-22-13-17(20)16-2-1-3-18(16)21/h4-7,16-18,21H,1-3,8-11,13H2/t16-,17+,18-/m0/s1. The van der Waals surface area contributed by atoms with Crippen LogP contribution in [0.5, 0.6) is 5.75 Å². The van der Waals surface area contributed by atoms with Crippen LogP contribution in [0.25, 0.3) is 0 Å². The summed E-state index contributed by atoms with van der Waals surface area (Å²) in [5, 5.41) is 19.0. The van der Waals surface area contributed by atoms with E-state index in [-0.39, 0.29) is 6.10 Å². The van der Waals surface area contributed by atoms with Crippen molar-refractivity contribution in [3.8, 4) is 11.8 Å². The van der Waals surface area contributed by atoms with Gasteiger partial charge in [-0.15, -0.1) is 0 Å². The molecule has 3 rings (SSSR count). The molecular formula is C18H24N2O3. The Morgan fingerprint density at radius 1 is 1.30 bits per heavy atom. The molecule has 1 aromatic rings. The number of aliphatic hydroxyl groups excluding tert-OH is 1. The van der Waals surface area contributed by atoms with Crippen LogP contribution in [-0.2, 0) is 4.74 Å². The first kappa shape index (κ1) is 16.3. The van der Waals surface area contributed by atoms with Gasteiger partial charge in [0.2, 0.25) is 0 Å². The molecule has 1 aliphatic carbocycles. The van der Waals surface area contributed by atoms with Gasteiger partial charge in [-0.1, -0.05) is 6.42 Å². The van der Waals surface area contributed by atoms with Gasteiger partial charge in [0.05, 0.1) is 31.0 Å². The van der Waals surface area contributed by atoms with Crippen LogP contribution in [0.2, 0.25) is 0 Å². The van der Waals surface area contributed by atoms with Gasteiger partial charge in [-0.3, -0.25) is 4.90 Å². The van der Waals surface area contributed by atoms with Crippen LogP contribution in [0, 0.1) is 17.2 Å². The molecule has 0 bridgehead atoms. The zero-order valence-corrected chi connectivity index (χ0v) is 13.4. The molecule has 1 saturated carbocycles. The molecule has 1 heterocycles. The maximum atomic E-state index is 10.2. The monoisotopic (exact) mass is 316 g/mol. The van der Waals surface area contributed by atoms with E-state index in [2.05, 4.69) is 11.0 Å². The molecule has 1 N–H and O–H groups in total. The minimum atomic E-state index is -0.191. The Kier molecular flexibility index (Phi) is 5.50. The number of rotatable bonds is 5. The van der Waals surface area contributed by atoms with Crippen molar-refractivity contribution in [3.63, 3.8) is 0 Å². The van der Waals surface area contributed by atoms with Crippen LogP contribution >= 0.6 is 0 Å². The van der Waals surface area contributed by atoms with Gasteiger partial charge in [0.15, 0.2) is 0 Å². The van der Waals surface area contributed by atoms with Gasteiger partial charge in [0, 0.05) is 25.0 Å². The highest BCUT2D eigenvalue weighted by molar-refractivity contribution is 5.34. The van der Waals surface area contributed by atoms with E-state index in [1.807, 2.05) is 12.1 Å². The largest absolute Gasteiger partial charge is 0.492 e. The van der Waals surface area contributed by atoms with E-state index in [4.69, 9.17) is 14.7 Å². The molecule has 23 heavy (non-hydrogen) atoms. The first-order valence-corrected chi connectivity index (χ1v) is 8.41. The van der Waals surface area contributed by atoms with Crippen LogP contribution < -0.4 is 4.74 Å². The van der Waals surface area contributed by atoms with Crippen molar-refractivity contribution in [1.82, 2.24) is 4.90 Å². The summed E-state index contributed by atoms with van der Waals surface area (Å²) < 4.78 is 11.4. The van der Waals surface area contributed by atoms with Gasteiger partial charge in [-0.05, 0) is 37.1 Å². The van der Waals surface area contributed by atoms with Gasteiger partial charge in [-0.2, -0.15) is 5.26 Å². The summed E-state index contributed by atoms with van der Waals surface area (Å²) in [5.74, 6) is 1.11. The Hall–Kier alpha value is -1.61. The molecule has 0 aromatic heterocycles. The molecule has 5 nitrogen and oxygen atoms in total. The predicted molar refractivity (Wildman–Crippen MR) is 86.2 cm³/mol. The number of hydrogen-bond donors (Lipinski definition) is 1. The van der Waals surface area contributed by atoms with Crippen molar-refractivity contribution in [2.75, 3.05) is 32.9 Å². The van der Waals surface area contributed by atoms with Crippen molar-refractivity contribution < 1.29 is 14.6 Å². The van der Waals surface area contributed by atoms with E-state index < -0.39 is 0 Å². The Labute approximate surface area is 137 Å². The molecule has 5 heteroatoms. The lowest BCUT2D eigenvalue weighted by atomic mass is 9.94. The Morgan fingerprint density at radius 3 is 2.83 bits per heavy atom. The Morgan fingerprint density at radius 2 is 2.13 bits per heavy atom. The Balaban J connectivity index is 1.51. The molecule has 2 aliphatic rings. The van der Waals surface area contributed by atoms with E-state index in [0.29, 0.717) is 30.7 Å². The molecule has 1 aliphatic heterocycles. The molecule has 0 radical (unpaired) electrons. The molecule has 1 aromatic carbocycles. The molecule has 3 atom stereocenters. The normalized spacial score (nSPS) is 28.4. The highest BCUT2D eigenvalue weighted by atomic mass is 16.5. The quantitative estimate of drug-likeness (QED) is 0.897. The first-order valence-electron chi connectivity index (χ1n) is 8.41. The topological polar surface area (TPSA) is 65.7 Å². The molecule has 2 fully saturated rings. The summed E-state index contributed by atoms with van der Waals surface area (Å²) in [7, 11) is 0. The third-order valence-corrected chi connectivity index (χ3v) is 4.94. The molecule has 0 spiro atoms. The molecule has 0 amide bonds. The van der Waals surface area contributed by atoms with Crippen molar-refractivity contribution in [2.24, 2.45) is 5.92 Å². The van der Waals surface area contributed by atoms with E-state index in [9.17, 15) is 5.11 Å². The van der Waals surface area contributed by atoms with Gasteiger partial charge in [0.1, 0.15) is 12.4 Å². The lowest BCUT2D eigenvalue weighted by molar-refractivity contribution is -0.0532. The third kappa shape index (κ3) is 4.03. The summed E-state index contributed by atoms with van der Waals surface area (Å²) in [6, 6.07) is 9.59. The van der Waals surface area contributed by atoms with Gasteiger partial charge in [-0.25, -0.2) is 0 Å². The summed E-state index contributed by atoms with van der Waals surface area (Å²) in [5.41, 5.74) is 0.640. The van der Waals surface area contributed by atoms with Crippen LogP contribution in [-0.4, -0.2) is 55.1 Å². The molecule has 0 unspecified atom stereocenters. The third-order valence-electron chi connectivity index (χ3n) is 4.94. The summed E-state index contributed by atoms with van der Waals surface area (Å²) in [6.45, 7) is 3.78. The minimum Gasteiger partial charge on any atom is -0.492 e. The lowest BCUT2D eigenvalue weighted by Gasteiger charge is -2.40. The molecule has 124 valence electrons. The highest BCUT2D eigenvalue weighted by Gasteiger charge is 2.37. The average molecular weight is 316 g/mol. The minimum absolute atomic E-state index is 0.191. The van der Waals surface area contributed by atoms with Gasteiger partial charge < -0.3 is 14.6 Å². The fraction of sp³-hybridized carbons (Fsp3) is 0.611. The zero-order chi connectivity index (χ0) is 16.1. The fourth-order valence-electron chi connectivity index (χ4n) is 3.65. The maximum absolute atomic E-state index is 10.2. The first-order chi connectivity index (χ1) is 11.3. The van der Waals surface area contributed by atoms with Crippen molar-refractivity contribution in [2.45, 2.75) is 31.4 Å². The second kappa shape index (κ2) is 7.78. The second-order valence-corrected chi connectivity index (χ2v) is 6.32. The number of ether oxygens (including phenoxy) is 2. The van der Waals surface area contributed by atoms with Gasteiger partial charge >= 0.3 is 0 Å². The smallest absolute Gasteiger partial charge is 0.119 e. The van der Waals surface area contributed by atoms with Crippen molar-refractivity contribution in [3.05, 3.63) is 29.8 Å². The fourth-order valence-corrected chi connectivity index (χ4v) is 3.65.